The van der Waals surface area contributed by atoms with Crippen LogP contribution in [0.2, 0.25) is 0 Å². The van der Waals surface area contributed by atoms with E-state index < -0.39 is 40.6 Å². The minimum Gasteiger partial charge on any atom is -0.374 e. The fourth-order valence-electron chi connectivity index (χ4n) is 3.02. The van der Waals surface area contributed by atoms with Gasteiger partial charge in [-0.15, -0.1) is 0 Å². The Morgan fingerprint density at radius 2 is 1.83 bits per heavy atom. The smallest absolute Gasteiger partial charge is 0.192 e. The second kappa shape index (κ2) is 7.97. The molecule has 5 nitrogen and oxygen atoms in total. The normalized spacial score (nSPS) is 26.8. The number of allylic oxidation sites excluding steroid dienone is 2. The molecule has 0 heterocycles. The molecule has 0 amide bonds. The molecule has 1 rings (SSSR count). The molecule has 0 radical (unpaired) electrons. The van der Waals surface area contributed by atoms with Gasteiger partial charge >= 0.3 is 0 Å². The molecule has 5 heteroatoms. The first kappa shape index (κ1) is 20.4. The van der Waals surface area contributed by atoms with E-state index >= 15 is 0 Å². The minimum absolute atomic E-state index is 0.0194. The van der Waals surface area contributed by atoms with Crippen molar-refractivity contribution < 1.29 is 24.3 Å². The third-order valence-electron chi connectivity index (χ3n) is 4.58. The van der Waals surface area contributed by atoms with Crippen LogP contribution in [0.5, 0.6) is 0 Å². The molecular formula is C19H28O5. The lowest BCUT2D eigenvalue weighted by atomic mass is 9.81. The van der Waals surface area contributed by atoms with Gasteiger partial charge in [0.25, 0.3) is 0 Å². The summed E-state index contributed by atoms with van der Waals surface area (Å²) in [5.41, 5.74) is -1.45. The Morgan fingerprint density at radius 1 is 1.25 bits per heavy atom. The number of carbonyl (C=O) groups excluding carboxylic acids is 4. The number of carbonyl (C=O) groups is 4. The van der Waals surface area contributed by atoms with Crippen LogP contribution in [0, 0.1) is 17.8 Å². The van der Waals surface area contributed by atoms with Gasteiger partial charge in [-0.05, 0) is 32.6 Å². The maximum atomic E-state index is 12.6. The van der Waals surface area contributed by atoms with Crippen molar-refractivity contribution >= 4 is 23.1 Å². The van der Waals surface area contributed by atoms with Gasteiger partial charge in [-0.25, -0.2) is 0 Å². The van der Waals surface area contributed by atoms with E-state index in [0.717, 1.165) is 5.57 Å². The van der Waals surface area contributed by atoms with Crippen molar-refractivity contribution in [3.05, 3.63) is 11.6 Å². The van der Waals surface area contributed by atoms with Gasteiger partial charge < -0.3 is 5.11 Å². The lowest BCUT2D eigenvalue weighted by molar-refractivity contribution is -0.154. The van der Waals surface area contributed by atoms with Gasteiger partial charge in [0.1, 0.15) is 5.92 Å². The summed E-state index contributed by atoms with van der Waals surface area (Å²) in [7, 11) is 0. The molecule has 1 aliphatic carbocycles. The van der Waals surface area contributed by atoms with E-state index in [1.54, 1.807) is 13.0 Å². The number of aliphatic hydroxyl groups is 1. The SMILES string of the molecule is CCC(=O)C1C(=O)[C@@H](CC=C(C)C)C(O)(C(=O)CCC(C)C)C1=O. The lowest BCUT2D eigenvalue weighted by Crippen LogP contribution is -2.50. The molecule has 0 aromatic carbocycles. The van der Waals surface area contributed by atoms with Crippen molar-refractivity contribution in [1.29, 1.82) is 0 Å². The fraction of sp³-hybridized carbons (Fsp3) is 0.684. The second-order valence-corrected chi connectivity index (χ2v) is 7.21. The Kier molecular flexibility index (Phi) is 6.78. The first-order valence-corrected chi connectivity index (χ1v) is 8.57. The molecule has 0 aromatic heterocycles. The summed E-state index contributed by atoms with van der Waals surface area (Å²) in [6.45, 7) is 9.09. The van der Waals surface area contributed by atoms with E-state index in [1.807, 2.05) is 27.7 Å². The first-order chi connectivity index (χ1) is 11.1. The Balaban J connectivity index is 3.25. The molecule has 1 N–H and O–H groups in total. The van der Waals surface area contributed by atoms with Crippen molar-refractivity contribution in [2.24, 2.45) is 17.8 Å². The summed E-state index contributed by atoms with van der Waals surface area (Å²) in [6, 6.07) is 0. The Hall–Kier alpha value is -1.62. The quantitative estimate of drug-likeness (QED) is 0.543. The monoisotopic (exact) mass is 336 g/mol. The largest absolute Gasteiger partial charge is 0.374 e. The molecule has 0 aromatic rings. The maximum Gasteiger partial charge on any atom is 0.192 e. The molecule has 0 bridgehead atoms. The molecule has 134 valence electrons. The van der Waals surface area contributed by atoms with E-state index in [2.05, 4.69) is 0 Å². The van der Waals surface area contributed by atoms with E-state index in [0.29, 0.717) is 6.42 Å². The van der Waals surface area contributed by atoms with Gasteiger partial charge in [0, 0.05) is 12.8 Å². The number of hydrogen-bond donors (Lipinski definition) is 1. The predicted octanol–water partition coefficient (Wildman–Crippen LogP) is 2.44. The summed E-state index contributed by atoms with van der Waals surface area (Å²) in [5.74, 6) is -5.16. The van der Waals surface area contributed by atoms with Gasteiger partial charge in [-0.3, -0.25) is 19.2 Å². The first-order valence-electron chi connectivity index (χ1n) is 8.57. The molecular weight excluding hydrogens is 308 g/mol. The number of ketones is 4. The average molecular weight is 336 g/mol. The van der Waals surface area contributed by atoms with Crippen molar-refractivity contribution in [3.8, 4) is 0 Å². The van der Waals surface area contributed by atoms with Crippen LogP contribution in [0.3, 0.4) is 0 Å². The fourth-order valence-corrected chi connectivity index (χ4v) is 3.02. The molecule has 0 saturated heterocycles. The highest BCUT2D eigenvalue weighted by Crippen LogP contribution is 2.39. The van der Waals surface area contributed by atoms with E-state index in [-0.39, 0.29) is 25.2 Å². The van der Waals surface area contributed by atoms with E-state index in [9.17, 15) is 24.3 Å². The predicted molar refractivity (Wildman–Crippen MR) is 90.4 cm³/mol. The van der Waals surface area contributed by atoms with E-state index in [4.69, 9.17) is 0 Å². The molecule has 1 aliphatic rings. The zero-order chi connectivity index (χ0) is 18.7. The van der Waals surface area contributed by atoms with Gasteiger partial charge in [-0.1, -0.05) is 32.4 Å². The average Bonchev–Trinajstić information content (AvgIpc) is 2.70. The summed E-state index contributed by atoms with van der Waals surface area (Å²) in [4.78, 5) is 49.8. The molecule has 3 atom stereocenters. The Labute approximate surface area is 143 Å². The summed E-state index contributed by atoms with van der Waals surface area (Å²) in [5, 5.41) is 10.9. The molecule has 0 spiro atoms. The Morgan fingerprint density at radius 3 is 2.29 bits per heavy atom. The molecule has 1 saturated carbocycles. The van der Waals surface area contributed by atoms with Crippen molar-refractivity contribution in [2.45, 2.75) is 65.9 Å². The summed E-state index contributed by atoms with van der Waals surface area (Å²) >= 11 is 0. The van der Waals surface area contributed by atoms with Crippen LogP contribution in [-0.2, 0) is 19.2 Å². The number of Topliss-reactive ketones (excluding diaryl/α,β-unsaturated/α-hetero) is 4. The topological polar surface area (TPSA) is 88.5 Å². The molecule has 2 unspecified atom stereocenters. The highest BCUT2D eigenvalue weighted by atomic mass is 16.3. The van der Waals surface area contributed by atoms with Gasteiger partial charge in [0.15, 0.2) is 28.7 Å². The van der Waals surface area contributed by atoms with Crippen LogP contribution in [0.25, 0.3) is 0 Å². The van der Waals surface area contributed by atoms with Crippen LogP contribution < -0.4 is 0 Å². The summed E-state index contributed by atoms with van der Waals surface area (Å²) < 4.78 is 0. The lowest BCUT2D eigenvalue weighted by Gasteiger charge is -2.25. The highest BCUT2D eigenvalue weighted by Gasteiger charge is 2.63. The maximum absolute atomic E-state index is 12.6. The standard InChI is InChI=1S/C19H28O5/c1-6-14(20)16-17(22)13(9-7-11(2)3)19(24,18(16)23)15(21)10-8-12(4)5/h7,12-13,16,24H,6,8-10H2,1-5H3/t13-,16?,19?/m1/s1. The van der Waals surface area contributed by atoms with Crippen LogP contribution >= 0.6 is 0 Å². The molecule has 0 aliphatic heterocycles. The molecule has 1 fully saturated rings. The van der Waals surface area contributed by atoms with Crippen LogP contribution in [-0.4, -0.2) is 33.8 Å². The van der Waals surface area contributed by atoms with Crippen LogP contribution in [0.15, 0.2) is 11.6 Å². The Bertz CT molecular complexity index is 568. The zero-order valence-electron chi connectivity index (χ0n) is 15.2. The van der Waals surface area contributed by atoms with Crippen LogP contribution in [0.1, 0.15) is 60.3 Å². The molecule has 24 heavy (non-hydrogen) atoms. The van der Waals surface area contributed by atoms with Crippen molar-refractivity contribution in [2.75, 3.05) is 0 Å². The van der Waals surface area contributed by atoms with Gasteiger partial charge in [-0.2, -0.15) is 0 Å². The van der Waals surface area contributed by atoms with Crippen molar-refractivity contribution in [1.82, 2.24) is 0 Å². The highest BCUT2D eigenvalue weighted by molar-refractivity contribution is 6.33. The number of hydrogen-bond acceptors (Lipinski definition) is 5. The summed E-state index contributed by atoms with van der Waals surface area (Å²) in [6.07, 6.45) is 2.36. The van der Waals surface area contributed by atoms with Gasteiger partial charge in [0.2, 0.25) is 0 Å². The third kappa shape index (κ3) is 3.89. The third-order valence-corrected chi connectivity index (χ3v) is 4.58. The van der Waals surface area contributed by atoms with E-state index in [1.165, 1.54) is 0 Å². The number of rotatable bonds is 8. The van der Waals surface area contributed by atoms with Gasteiger partial charge in [0.05, 0.1) is 5.92 Å². The minimum atomic E-state index is -2.37. The van der Waals surface area contributed by atoms with Crippen molar-refractivity contribution in [3.63, 3.8) is 0 Å². The second-order valence-electron chi connectivity index (χ2n) is 7.21. The van der Waals surface area contributed by atoms with Crippen LogP contribution in [0.4, 0.5) is 0 Å². The zero-order valence-corrected chi connectivity index (χ0v) is 15.2.